The summed E-state index contributed by atoms with van der Waals surface area (Å²) in [6.45, 7) is 7.22. The Labute approximate surface area is 168 Å². The number of nitrogens with zero attached hydrogens (tertiary/aromatic N) is 1. The van der Waals surface area contributed by atoms with Gasteiger partial charge in [-0.05, 0) is 49.3 Å². The van der Waals surface area contributed by atoms with Gasteiger partial charge in [0.25, 0.3) is 5.91 Å². The maximum absolute atomic E-state index is 13.0. The average Bonchev–Trinajstić information content (AvgIpc) is 3.26. The van der Waals surface area contributed by atoms with Crippen LogP contribution in [0, 0.1) is 6.92 Å². The van der Waals surface area contributed by atoms with Gasteiger partial charge in [0, 0.05) is 19.2 Å². The highest BCUT2D eigenvalue weighted by Crippen LogP contribution is 2.28. The van der Waals surface area contributed by atoms with Gasteiger partial charge in [-0.1, -0.05) is 26.0 Å². The summed E-state index contributed by atoms with van der Waals surface area (Å²) >= 11 is 0. The number of amides is 1. The number of hydrogen-bond donors (Lipinski definition) is 0. The lowest BCUT2D eigenvalue weighted by Crippen LogP contribution is -2.47. The van der Waals surface area contributed by atoms with E-state index in [0.717, 1.165) is 29.7 Å². The fraction of sp³-hybridized carbons (Fsp3) is 0.667. The third-order valence-corrected chi connectivity index (χ3v) is 7.29. The van der Waals surface area contributed by atoms with E-state index in [1.165, 1.54) is 0 Å². The molecule has 3 rings (SSSR count). The van der Waals surface area contributed by atoms with E-state index >= 15 is 0 Å². The molecule has 6 nitrogen and oxygen atoms in total. The van der Waals surface area contributed by atoms with Gasteiger partial charge in [0.15, 0.2) is 16.4 Å². The Hall–Kier alpha value is -1.60. The molecule has 2 atom stereocenters. The summed E-state index contributed by atoms with van der Waals surface area (Å²) in [5, 5.41) is 0. The molecule has 7 heteroatoms. The minimum atomic E-state index is -3.07. The number of rotatable bonds is 7. The van der Waals surface area contributed by atoms with Crippen molar-refractivity contribution in [3.63, 3.8) is 0 Å². The van der Waals surface area contributed by atoms with Crippen LogP contribution in [0.4, 0.5) is 0 Å². The van der Waals surface area contributed by atoms with Gasteiger partial charge in [-0.25, -0.2) is 8.42 Å². The maximum Gasteiger partial charge on any atom is 0.260 e. The van der Waals surface area contributed by atoms with Gasteiger partial charge in [-0.15, -0.1) is 0 Å². The fourth-order valence-corrected chi connectivity index (χ4v) is 5.68. The molecule has 2 aliphatic rings. The molecular weight excluding hydrogens is 378 g/mol. The predicted molar refractivity (Wildman–Crippen MR) is 109 cm³/mol. The Bertz CT molecular complexity index is 799. The van der Waals surface area contributed by atoms with Crippen molar-refractivity contribution in [1.29, 1.82) is 0 Å². The van der Waals surface area contributed by atoms with Gasteiger partial charge in [0.2, 0.25) is 0 Å². The smallest absolute Gasteiger partial charge is 0.260 e. The second-order valence-electron chi connectivity index (χ2n) is 8.22. The summed E-state index contributed by atoms with van der Waals surface area (Å²) in [6.07, 6.45) is 2.35. The Balaban J connectivity index is 1.71. The van der Waals surface area contributed by atoms with Crippen molar-refractivity contribution in [2.45, 2.75) is 58.1 Å². The summed E-state index contributed by atoms with van der Waals surface area (Å²) in [6, 6.07) is 5.74. The van der Waals surface area contributed by atoms with Crippen molar-refractivity contribution in [3.8, 4) is 5.75 Å². The van der Waals surface area contributed by atoms with Crippen LogP contribution in [0.5, 0.6) is 5.75 Å². The normalized spacial score (nSPS) is 23.9. The van der Waals surface area contributed by atoms with Crippen molar-refractivity contribution < 1.29 is 22.7 Å². The Morgan fingerprint density at radius 3 is 2.71 bits per heavy atom. The molecule has 2 fully saturated rings. The van der Waals surface area contributed by atoms with Gasteiger partial charge in [-0.2, -0.15) is 0 Å². The lowest BCUT2D eigenvalue weighted by atomic mass is 10.0. The number of carbonyl (C=O) groups is 1. The largest absolute Gasteiger partial charge is 0.483 e. The Morgan fingerprint density at radius 2 is 2.11 bits per heavy atom. The first-order valence-corrected chi connectivity index (χ1v) is 11.9. The van der Waals surface area contributed by atoms with Crippen LogP contribution in [0.1, 0.15) is 50.2 Å². The Morgan fingerprint density at radius 1 is 1.32 bits per heavy atom. The first-order chi connectivity index (χ1) is 13.2. The van der Waals surface area contributed by atoms with Gasteiger partial charge >= 0.3 is 0 Å². The average molecular weight is 410 g/mol. The van der Waals surface area contributed by atoms with Crippen LogP contribution in [0.25, 0.3) is 0 Å². The van der Waals surface area contributed by atoms with Crippen molar-refractivity contribution in [2.24, 2.45) is 0 Å². The molecule has 1 aromatic carbocycles. The Kier molecular flexibility index (Phi) is 6.65. The van der Waals surface area contributed by atoms with Crippen LogP contribution < -0.4 is 4.74 Å². The monoisotopic (exact) mass is 409 g/mol. The van der Waals surface area contributed by atoms with Gasteiger partial charge in [0.05, 0.1) is 17.6 Å². The summed E-state index contributed by atoms with van der Waals surface area (Å²) in [7, 11) is -3.07. The van der Waals surface area contributed by atoms with E-state index in [1.807, 2.05) is 25.1 Å². The number of carbonyl (C=O) groups excluding carboxylic acids is 1. The summed E-state index contributed by atoms with van der Waals surface area (Å²) in [5.41, 5.74) is 2.14. The van der Waals surface area contributed by atoms with Crippen molar-refractivity contribution in [2.75, 3.05) is 31.3 Å². The fourth-order valence-electron chi connectivity index (χ4n) is 3.95. The first kappa shape index (κ1) is 21.1. The van der Waals surface area contributed by atoms with E-state index in [1.54, 1.807) is 4.90 Å². The highest BCUT2D eigenvalue weighted by Gasteiger charge is 2.36. The molecular formula is C21H31NO5S. The molecule has 28 heavy (non-hydrogen) atoms. The van der Waals surface area contributed by atoms with Crippen LogP contribution in [0.15, 0.2) is 18.2 Å². The molecule has 0 aliphatic carbocycles. The summed E-state index contributed by atoms with van der Waals surface area (Å²) in [4.78, 5) is 14.7. The number of hydrogen-bond acceptors (Lipinski definition) is 5. The van der Waals surface area contributed by atoms with Crippen molar-refractivity contribution >= 4 is 15.7 Å². The van der Waals surface area contributed by atoms with Crippen LogP contribution in [-0.4, -0.2) is 62.6 Å². The van der Waals surface area contributed by atoms with E-state index in [2.05, 4.69) is 13.8 Å². The zero-order chi connectivity index (χ0) is 20.3. The first-order valence-electron chi connectivity index (χ1n) is 10.1. The SMILES string of the molecule is Cc1ccc(C(C)C)c(OCC(=O)N(C[C@H]2CCCO2)[C@H]2CCS(=O)(=O)C2)c1. The molecule has 0 saturated carbocycles. The highest BCUT2D eigenvalue weighted by atomic mass is 32.2. The minimum absolute atomic E-state index is 0.0163. The van der Waals surface area contributed by atoms with E-state index in [4.69, 9.17) is 9.47 Å². The second kappa shape index (κ2) is 8.82. The third-order valence-electron chi connectivity index (χ3n) is 5.54. The topological polar surface area (TPSA) is 72.9 Å². The van der Waals surface area contributed by atoms with Gasteiger partial charge < -0.3 is 14.4 Å². The predicted octanol–water partition coefficient (Wildman–Crippen LogP) is 2.69. The summed E-state index contributed by atoms with van der Waals surface area (Å²) < 4.78 is 35.5. The third kappa shape index (κ3) is 5.26. The minimum Gasteiger partial charge on any atom is -0.483 e. The van der Waals surface area contributed by atoms with Gasteiger partial charge in [0.1, 0.15) is 5.75 Å². The van der Waals surface area contributed by atoms with E-state index < -0.39 is 9.84 Å². The molecule has 1 amide bonds. The number of sulfone groups is 1. The molecule has 156 valence electrons. The molecule has 0 unspecified atom stereocenters. The van der Waals surface area contributed by atoms with Crippen molar-refractivity contribution in [1.82, 2.24) is 4.90 Å². The number of benzene rings is 1. The zero-order valence-electron chi connectivity index (χ0n) is 17.0. The lowest BCUT2D eigenvalue weighted by molar-refractivity contribution is -0.137. The van der Waals surface area contributed by atoms with E-state index in [0.29, 0.717) is 19.6 Å². The summed E-state index contributed by atoms with van der Waals surface area (Å²) in [5.74, 6) is 1.01. The highest BCUT2D eigenvalue weighted by molar-refractivity contribution is 7.91. The van der Waals surface area contributed by atoms with Crippen LogP contribution in [-0.2, 0) is 19.4 Å². The van der Waals surface area contributed by atoms with Crippen LogP contribution in [0.2, 0.25) is 0 Å². The number of aryl methyl sites for hydroxylation is 1. The molecule has 0 bridgehead atoms. The lowest BCUT2D eigenvalue weighted by Gasteiger charge is -2.30. The van der Waals surface area contributed by atoms with E-state index in [-0.39, 0.29) is 42.1 Å². The molecule has 0 aromatic heterocycles. The molecule has 2 aliphatic heterocycles. The van der Waals surface area contributed by atoms with E-state index in [9.17, 15) is 13.2 Å². The molecule has 2 saturated heterocycles. The number of ether oxygens (including phenoxy) is 2. The second-order valence-corrected chi connectivity index (χ2v) is 10.5. The van der Waals surface area contributed by atoms with Crippen LogP contribution >= 0.6 is 0 Å². The molecule has 1 aromatic rings. The standard InChI is InChI=1S/C21H31NO5S/c1-15(2)19-7-6-16(3)11-20(19)27-13-21(23)22(12-18-5-4-9-26-18)17-8-10-28(24,25)14-17/h6-7,11,15,17-18H,4-5,8-10,12-14H2,1-3H3/t17-,18+/m0/s1. The van der Waals surface area contributed by atoms with Gasteiger partial charge in [-0.3, -0.25) is 4.79 Å². The zero-order valence-corrected chi connectivity index (χ0v) is 17.8. The van der Waals surface area contributed by atoms with Crippen LogP contribution in [0.3, 0.4) is 0 Å². The molecule has 0 radical (unpaired) electrons. The molecule has 0 N–H and O–H groups in total. The molecule has 0 spiro atoms. The quantitative estimate of drug-likeness (QED) is 0.692. The maximum atomic E-state index is 13.0. The van der Waals surface area contributed by atoms with Crippen molar-refractivity contribution in [3.05, 3.63) is 29.3 Å². The molecule has 2 heterocycles.